The van der Waals surface area contributed by atoms with Crippen LogP contribution in [-0.4, -0.2) is 69.4 Å². The Labute approximate surface area is 154 Å². The summed E-state index contributed by atoms with van der Waals surface area (Å²) in [7, 11) is 2.97. The number of imide groups is 1. The SMILES string of the molecule is CN1C(=O)C2C(=NC(Br)=[N+]2CC(=O)c2ccc(Br)cc2)N(C)C1=O. The van der Waals surface area contributed by atoms with Crippen molar-refractivity contribution in [1.29, 1.82) is 0 Å². The predicted molar refractivity (Wildman–Crippen MR) is 94.7 cm³/mol. The summed E-state index contributed by atoms with van der Waals surface area (Å²) in [6, 6.07) is 5.75. The molecule has 0 saturated carbocycles. The van der Waals surface area contributed by atoms with Crippen LogP contribution in [0.1, 0.15) is 10.4 Å². The van der Waals surface area contributed by atoms with E-state index >= 15 is 0 Å². The molecule has 3 rings (SSSR count). The minimum absolute atomic E-state index is 0.0263. The molecule has 24 heavy (non-hydrogen) atoms. The Balaban J connectivity index is 1.88. The van der Waals surface area contributed by atoms with Crippen LogP contribution in [-0.2, 0) is 4.79 Å². The van der Waals surface area contributed by atoms with Gasteiger partial charge in [-0.2, -0.15) is 0 Å². The molecule has 0 bridgehead atoms. The summed E-state index contributed by atoms with van der Waals surface area (Å²) in [6.07, 6.45) is 0. The van der Waals surface area contributed by atoms with Gasteiger partial charge >= 0.3 is 10.8 Å². The van der Waals surface area contributed by atoms with Crippen molar-refractivity contribution in [1.82, 2.24) is 9.80 Å². The van der Waals surface area contributed by atoms with Crippen molar-refractivity contribution in [3.05, 3.63) is 34.3 Å². The highest BCUT2D eigenvalue weighted by atomic mass is 79.9. The molecule has 1 saturated heterocycles. The van der Waals surface area contributed by atoms with Gasteiger partial charge in [-0.15, -0.1) is 0 Å². The van der Waals surface area contributed by atoms with Crippen molar-refractivity contribution in [2.75, 3.05) is 20.6 Å². The maximum atomic E-state index is 12.5. The maximum Gasteiger partial charge on any atom is 0.365 e. The van der Waals surface area contributed by atoms with Gasteiger partial charge in [0, 0.05) is 24.1 Å². The van der Waals surface area contributed by atoms with Gasteiger partial charge in [0.15, 0.2) is 6.54 Å². The van der Waals surface area contributed by atoms with Gasteiger partial charge in [-0.05, 0) is 17.1 Å². The van der Waals surface area contributed by atoms with Gasteiger partial charge in [0.1, 0.15) is 0 Å². The summed E-state index contributed by atoms with van der Waals surface area (Å²) < 4.78 is 2.79. The van der Waals surface area contributed by atoms with Gasteiger partial charge < -0.3 is 0 Å². The first kappa shape index (κ1) is 17.0. The number of urea groups is 1. The molecule has 1 aromatic rings. The van der Waals surface area contributed by atoms with E-state index in [4.69, 9.17) is 0 Å². The molecule has 2 aliphatic heterocycles. The van der Waals surface area contributed by atoms with Crippen LogP contribution >= 0.6 is 31.9 Å². The Morgan fingerprint density at radius 3 is 2.42 bits per heavy atom. The minimum Gasteiger partial charge on any atom is -0.290 e. The molecule has 124 valence electrons. The second kappa shape index (κ2) is 6.21. The number of carbonyl (C=O) groups excluding carboxylic acids is 3. The van der Waals surface area contributed by atoms with E-state index in [2.05, 4.69) is 36.9 Å². The average Bonchev–Trinajstić information content (AvgIpc) is 2.88. The fourth-order valence-corrected chi connectivity index (χ4v) is 3.38. The zero-order chi connectivity index (χ0) is 17.6. The van der Waals surface area contributed by atoms with Crippen LogP contribution in [0.25, 0.3) is 0 Å². The molecule has 0 N–H and O–H groups in total. The summed E-state index contributed by atoms with van der Waals surface area (Å²) in [4.78, 5) is 43.6. The number of Topliss-reactive ketones (excluding diaryl/α,β-unsaturated/α-hetero) is 1. The van der Waals surface area contributed by atoms with Crippen molar-refractivity contribution >= 4 is 60.2 Å². The van der Waals surface area contributed by atoms with Crippen molar-refractivity contribution in [2.45, 2.75) is 6.04 Å². The Kier molecular flexibility index (Phi) is 4.39. The number of hydrogen-bond acceptors (Lipinski definition) is 4. The first-order chi connectivity index (χ1) is 11.3. The minimum atomic E-state index is -0.786. The van der Waals surface area contributed by atoms with Crippen molar-refractivity contribution in [3.8, 4) is 0 Å². The molecule has 3 amide bonds. The maximum absolute atomic E-state index is 12.5. The molecule has 1 atom stereocenters. The number of fused-ring (bicyclic) bond motifs is 1. The number of amides is 3. The summed E-state index contributed by atoms with van der Waals surface area (Å²) in [5.74, 6) is -0.237. The molecule has 7 nitrogen and oxygen atoms in total. The second-order valence-electron chi connectivity index (χ2n) is 5.44. The van der Waals surface area contributed by atoms with Crippen LogP contribution < -0.4 is 0 Å². The summed E-state index contributed by atoms with van der Waals surface area (Å²) in [5.41, 5.74) is 0.535. The van der Waals surface area contributed by atoms with E-state index in [1.54, 1.807) is 35.9 Å². The van der Waals surface area contributed by atoms with Crippen LogP contribution in [0, 0.1) is 0 Å². The fourth-order valence-electron chi connectivity index (χ4n) is 2.61. The zero-order valence-corrected chi connectivity index (χ0v) is 16.0. The quantitative estimate of drug-likeness (QED) is 0.394. The number of aliphatic imine (C=N–C) groups is 1. The van der Waals surface area contributed by atoms with Gasteiger partial charge in [0.25, 0.3) is 17.8 Å². The number of hydrogen-bond donors (Lipinski definition) is 0. The molecule has 9 heteroatoms. The van der Waals surface area contributed by atoms with E-state index in [1.807, 2.05) is 0 Å². The Morgan fingerprint density at radius 1 is 1.17 bits per heavy atom. The molecule has 1 aromatic carbocycles. The smallest absolute Gasteiger partial charge is 0.290 e. The lowest BCUT2D eigenvalue weighted by atomic mass is 10.1. The van der Waals surface area contributed by atoms with E-state index < -0.39 is 18.0 Å². The third kappa shape index (κ3) is 2.71. The molecule has 0 spiro atoms. The largest absolute Gasteiger partial charge is 0.365 e. The van der Waals surface area contributed by atoms with Crippen LogP contribution in [0.15, 0.2) is 33.7 Å². The molecule has 2 aliphatic rings. The van der Waals surface area contributed by atoms with Crippen LogP contribution in [0.3, 0.4) is 0 Å². The highest BCUT2D eigenvalue weighted by Gasteiger charge is 2.53. The fraction of sp³-hybridized carbons (Fsp3) is 0.267. The highest BCUT2D eigenvalue weighted by molar-refractivity contribution is 9.18. The van der Waals surface area contributed by atoms with Gasteiger partial charge in [-0.25, -0.2) is 9.37 Å². The Bertz CT molecular complexity index is 817. The molecule has 0 aliphatic carbocycles. The standard InChI is InChI=1S/C15H13Br2N4O3/c1-19-12-11(13(23)20(2)15(19)24)21(14(17)18-12)7-10(22)8-3-5-9(16)6-4-8/h3-6,11H,7H2,1-2H3/q+1. The van der Waals surface area contributed by atoms with Crippen molar-refractivity contribution in [2.24, 2.45) is 4.99 Å². The van der Waals surface area contributed by atoms with Crippen LogP contribution in [0.4, 0.5) is 4.79 Å². The van der Waals surface area contributed by atoms with Gasteiger partial charge in [0.05, 0.1) is 15.9 Å². The monoisotopic (exact) mass is 455 g/mol. The molecule has 0 aromatic heterocycles. The first-order valence-corrected chi connectivity index (χ1v) is 8.61. The molecule has 2 heterocycles. The Morgan fingerprint density at radius 2 is 1.79 bits per heavy atom. The number of nitrogens with zero attached hydrogens (tertiary/aromatic N) is 4. The Hall–Kier alpha value is -1.87. The number of carbonyl (C=O) groups is 3. The van der Waals surface area contributed by atoms with E-state index in [0.29, 0.717) is 16.1 Å². The van der Waals surface area contributed by atoms with E-state index in [9.17, 15) is 14.4 Å². The number of halogens is 2. The normalized spacial score (nSPS) is 20.5. The predicted octanol–water partition coefficient (Wildman–Crippen LogP) is 1.70. The topological polar surface area (TPSA) is 73.1 Å². The molecule has 1 unspecified atom stereocenters. The average molecular weight is 457 g/mol. The number of rotatable bonds is 3. The number of likely N-dealkylation sites (N-methyl/N-ethyl adjacent to an activating group) is 2. The van der Waals surface area contributed by atoms with Gasteiger partial charge in [0.2, 0.25) is 5.78 Å². The van der Waals surface area contributed by atoms with Crippen LogP contribution in [0.2, 0.25) is 0 Å². The van der Waals surface area contributed by atoms with Crippen LogP contribution in [0.5, 0.6) is 0 Å². The van der Waals surface area contributed by atoms with Crippen molar-refractivity contribution < 1.29 is 19.0 Å². The van der Waals surface area contributed by atoms with E-state index in [0.717, 1.165) is 9.37 Å². The zero-order valence-electron chi connectivity index (χ0n) is 12.9. The number of amidine groups is 2. The highest BCUT2D eigenvalue weighted by Crippen LogP contribution is 2.21. The lowest BCUT2D eigenvalue weighted by Gasteiger charge is -2.30. The summed E-state index contributed by atoms with van der Waals surface area (Å²) in [5, 5.41) is 0. The number of benzene rings is 1. The first-order valence-electron chi connectivity index (χ1n) is 7.03. The second-order valence-corrected chi connectivity index (χ2v) is 7.06. The lowest BCUT2D eigenvalue weighted by molar-refractivity contribution is -0.519. The molecular weight excluding hydrogens is 444 g/mol. The number of ketones is 1. The van der Waals surface area contributed by atoms with Gasteiger partial charge in [-0.3, -0.25) is 19.4 Å². The third-order valence-electron chi connectivity index (χ3n) is 3.96. The third-order valence-corrected chi connectivity index (χ3v) is 5.12. The molecule has 1 fully saturated rings. The summed E-state index contributed by atoms with van der Waals surface area (Å²) in [6.45, 7) is -0.0263. The van der Waals surface area contributed by atoms with E-state index in [1.165, 1.54) is 11.9 Å². The van der Waals surface area contributed by atoms with Crippen molar-refractivity contribution in [3.63, 3.8) is 0 Å². The lowest BCUT2D eigenvalue weighted by Crippen LogP contribution is -2.61. The molecule has 0 radical (unpaired) electrons. The molecular formula is C15H13Br2N4O3+. The van der Waals surface area contributed by atoms with E-state index in [-0.39, 0.29) is 12.3 Å². The van der Waals surface area contributed by atoms with Gasteiger partial charge in [-0.1, -0.05) is 28.1 Å². The summed E-state index contributed by atoms with van der Waals surface area (Å²) >= 11 is 6.61.